The van der Waals surface area contributed by atoms with E-state index >= 15 is 0 Å². The average molecular weight is 226 g/mol. The Hall–Kier alpha value is -0.780. The van der Waals surface area contributed by atoms with E-state index in [9.17, 15) is 18.0 Å². The fraction of sp³-hybridized carbons (Fsp3) is 0.889. The van der Waals surface area contributed by atoms with Crippen LogP contribution in [-0.2, 0) is 4.79 Å². The van der Waals surface area contributed by atoms with Crippen LogP contribution in [0.4, 0.5) is 13.2 Å². The van der Waals surface area contributed by atoms with E-state index < -0.39 is 12.2 Å². The smallest absolute Gasteiger partial charge is 0.340 e. The molecule has 0 bridgehead atoms. The molecule has 0 spiro atoms. The standard InChI is InChI=1S/C7H11F3N2O.C2H6/c1-5(13)12-3-2-11-6(4-12)7(8,9)10;1-2/h6,11H,2-4H2,1H3;1-2H3. The summed E-state index contributed by atoms with van der Waals surface area (Å²) < 4.78 is 36.5. The van der Waals surface area contributed by atoms with Gasteiger partial charge in [0.25, 0.3) is 0 Å². The number of rotatable bonds is 0. The van der Waals surface area contributed by atoms with Gasteiger partial charge in [0.15, 0.2) is 0 Å². The van der Waals surface area contributed by atoms with Gasteiger partial charge in [0.05, 0.1) is 0 Å². The summed E-state index contributed by atoms with van der Waals surface area (Å²) in [6.45, 7) is 5.54. The summed E-state index contributed by atoms with van der Waals surface area (Å²) in [5, 5.41) is 2.32. The Morgan fingerprint density at radius 2 is 1.93 bits per heavy atom. The molecule has 0 radical (unpaired) electrons. The number of amides is 1. The summed E-state index contributed by atoms with van der Waals surface area (Å²) in [6, 6.07) is -1.58. The van der Waals surface area contributed by atoms with E-state index in [-0.39, 0.29) is 19.0 Å². The van der Waals surface area contributed by atoms with Gasteiger partial charge in [-0.2, -0.15) is 13.2 Å². The summed E-state index contributed by atoms with van der Waals surface area (Å²) in [7, 11) is 0. The zero-order chi connectivity index (χ0) is 12.1. The van der Waals surface area contributed by atoms with Crippen molar-refractivity contribution in [3.63, 3.8) is 0 Å². The monoisotopic (exact) mass is 226 g/mol. The van der Waals surface area contributed by atoms with E-state index in [1.165, 1.54) is 11.8 Å². The Morgan fingerprint density at radius 3 is 2.33 bits per heavy atom. The molecule has 0 aromatic rings. The average Bonchev–Trinajstić information content (AvgIpc) is 2.20. The fourth-order valence-corrected chi connectivity index (χ4v) is 1.26. The minimum Gasteiger partial charge on any atom is -0.340 e. The van der Waals surface area contributed by atoms with Gasteiger partial charge >= 0.3 is 6.18 Å². The molecule has 1 saturated heterocycles. The van der Waals surface area contributed by atoms with Gasteiger partial charge in [-0.15, -0.1) is 0 Å². The van der Waals surface area contributed by atoms with Crippen LogP contribution in [0.25, 0.3) is 0 Å². The molecule has 0 aliphatic carbocycles. The molecule has 0 saturated carbocycles. The molecule has 0 aromatic carbocycles. The van der Waals surface area contributed by atoms with Crippen molar-refractivity contribution in [2.45, 2.75) is 33.0 Å². The van der Waals surface area contributed by atoms with Crippen LogP contribution in [0.15, 0.2) is 0 Å². The highest BCUT2D eigenvalue weighted by Crippen LogP contribution is 2.22. The number of alkyl halides is 3. The van der Waals surface area contributed by atoms with Crippen molar-refractivity contribution in [1.82, 2.24) is 10.2 Å². The fourth-order valence-electron chi connectivity index (χ4n) is 1.26. The summed E-state index contributed by atoms with van der Waals surface area (Å²) in [6.07, 6.45) is -4.27. The second-order valence-electron chi connectivity index (χ2n) is 3.01. The highest BCUT2D eigenvalue weighted by molar-refractivity contribution is 5.73. The van der Waals surface area contributed by atoms with Crippen molar-refractivity contribution in [2.24, 2.45) is 0 Å². The van der Waals surface area contributed by atoms with E-state index in [0.29, 0.717) is 6.54 Å². The maximum atomic E-state index is 12.2. The van der Waals surface area contributed by atoms with Crippen LogP contribution in [0.1, 0.15) is 20.8 Å². The first kappa shape index (κ1) is 14.2. The first-order valence-electron chi connectivity index (χ1n) is 4.97. The maximum Gasteiger partial charge on any atom is 0.405 e. The van der Waals surface area contributed by atoms with Crippen molar-refractivity contribution in [2.75, 3.05) is 19.6 Å². The number of carbonyl (C=O) groups is 1. The largest absolute Gasteiger partial charge is 0.405 e. The number of hydrogen-bond donors (Lipinski definition) is 1. The molecule has 1 rings (SSSR count). The van der Waals surface area contributed by atoms with Crippen LogP contribution in [0.5, 0.6) is 0 Å². The molecule has 3 nitrogen and oxygen atoms in total. The molecule has 6 heteroatoms. The molecule has 1 aliphatic rings. The van der Waals surface area contributed by atoms with E-state index in [1.807, 2.05) is 13.8 Å². The van der Waals surface area contributed by atoms with Crippen LogP contribution in [0, 0.1) is 0 Å². The van der Waals surface area contributed by atoms with Gasteiger partial charge in [-0.05, 0) is 0 Å². The van der Waals surface area contributed by atoms with Crippen molar-refractivity contribution < 1.29 is 18.0 Å². The molecule has 0 aromatic heterocycles. The van der Waals surface area contributed by atoms with Crippen LogP contribution >= 0.6 is 0 Å². The van der Waals surface area contributed by atoms with E-state index in [1.54, 1.807) is 0 Å². The van der Waals surface area contributed by atoms with Crippen molar-refractivity contribution >= 4 is 5.91 Å². The Balaban J connectivity index is 0.000000921. The van der Waals surface area contributed by atoms with Gasteiger partial charge in [0.2, 0.25) is 5.91 Å². The molecule has 15 heavy (non-hydrogen) atoms. The highest BCUT2D eigenvalue weighted by atomic mass is 19.4. The zero-order valence-electron chi connectivity index (χ0n) is 9.19. The molecule has 1 amide bonds. The van der Waals surface area contributed by atoms with Crippen LogP contribution in [-0.4, -0.2) is 42.7 Å². The predicted molar refractivity (Wildman–Crippen MR) is 51.4 cm³/mol. The third-order valence-electron chi connectivity index (χ3n) is 2.02. The molecule has 1 aliphatic heterocycles. The van der Waals surface area contributed by atoms with Crippen molar-refractivity contribution in [3.05, 3.63) is 0 Å². The summed E-state index contributed by atoms with van der Waals surface area (Å²) in [4.78, 5) is 12.0. The van der Waals surface area contributed by atoms with Gasteiger partial charge in [-0.1, -0.05) is 13.8 Å². The van der Waals surface area contributed by atoms with Crippen LogP contribution < -0.4 is 5.32 Å². The van der Waals surface area contributed by atoms with Crippen molar-refractivity contribution in [3.8, 4) is 0 Å². The first-order chi connectivity index (χ1) is 6.91. The molecule has 1 atom stereocenters. The molecule has 1 fully saturated rings. The first-order valence-corrected chi connectivity index (χ1v) is 4.97. The van der Waals surface area contributed by atoms with Gasteiger partial charge < -0.3 is 10.2 Å². The number of nitrogens with one attached hydrogen (secondary N) is 1. The Bertz CT molecular complexity index is 206. The van der Waals surface area contributed by atoms with E-state index in [0.717, 1.165) is 0 Å². The predicted octanol–water partition coefficient (Wildman–Crippen LogP) is 1.40. The zero-order valence-corrected chi connectivity index (χ0v) is 9.19. The van der Waals surface area contributed by atoms with Gasteiger partial charge in [-0.25, -0.2) is 0 Å². The summed E-state index contributed by atoms with van der Waals surface area (Å²) in [5.74, 6) is -0.309. The molecule has 1 heterocycles. The number of piperazine rings is 1. The topological polar surface area (TPSA) is 32.3 Å². The minimum absolute atomic E-state index is 0.198. The molecule has 90 valence electrons. The van der Waals surface area contributed by atoms with Crippen LogP contribution in [0.2, 0.25) is 0 Å². The van der Waals surface area contributed by atoms with Gasteiger partial charge in [-0.3, -0.25) is 4.79 Å². The van der Waals surface area contributed by atoms with Gasteiger partial charge in [0, 0.05) is 26.6 Å². The minimum atomic E-state index is -4.27. The number of nitrogens with zero attached hydrogens (tertiary/aromatic N) is 1. The third kappa shape index (κ3) is 4.51. The quantitative estimate of drug-likeness (QED) is 0.677. The molecular weight excluding hydrogens is 209 g/mol. The normalized spacial score (nSPS) is 21.7. The SMILES string of the molecule is CC.CC(=O)N1CCNC(C(F)(F)F)C1. The van der Waals surface area contributed by atoms with Crippen LogP contribution in [0.3, 0.4) is 0 Å². The van der Waals surface area contributed by atoms with Crippen molar-refractivity contribution in [1.29, 1.82) is 0 Å². The third-order valence-corrected chi connectivity index (χ3v) is 2.02. The number of halogens is 3. The highest BCUT2D eigenvalue weighted by Gasteiger charge is 2.42. The lowest BCUT2D eigenvalue weighted by molar-refractivity contribution is -0.167. The maximum absolute atomic E-state index is 12.2. The lowest BCUT2D eigenvalue weighted by atomic mass is 10.2. The molecular formula is C9H17F3N2O. The second kappa shape index (κ2) is 5.95. The Labute approximate surface area is 87.6 Å². The van der Waals surface area contributed by atoms with Gasteiger partial charge in [0.1, 0.15) is 6.04 Å². The molecule has 1 N–H and O–H groups in total. The lowest BCUT2D eigenvalue weighted by Gasteiger charge is -2.33. The molecule has 1 unspecified atom stereocenters. The lowest BCUT2D eigenvalue weighted by Crippen LogP contribution is -2.57. The summed E-state index contributed by atoms with van der Waals surface area (Å²) >= 11 is 0. The van der Waals surface area contributed by atoms with E-state index in [4.69, 9.17) is 0 Å². The Kier molecular flexibility index (Phi) is 5.64. The number of hydrogen-bond acceptors (Lipinski definition) is 2. The van der Waals surface area contributed by atoms with E-state index in [2.05, 4.69) is 5.32 Å². The Morgan fingerprint density at radius 1 is 1.40 bits per heavy atom. The number of carbonyl (C=O) groups excluding carboxylic acids is 1. The summed E-state index contributed by atoms with van der Waals surface area (Å²) in [5.41, 5.74) is 0. The second-order valence-corrected chi connectivity index (χ2v) is 3.01.